The quantitative estimate of drug-likeness (QED) is 0.725. The summed E-state index contributed by atoms with van der Waals surface area (Å²) in [6.07, 6.45) is 2.82. The fraction of sp³-hybridized carbons (Fsp3) is 0.143. The van der Waals surface area contributed by atoms with Crippen LogP contribution >= 0.6 is 11.3 Å². The molecule has 8 heteroatoms. The fourth-order valence-electron chi connectivity index (χ4n) is 1.90. The van der Waals surface area contributed by atoms with Gasteiger partial charge in [0.1, 0.15) is 12.4 Å². The molecule has 0 aliphatic heterocycles. The van der Waals surface area contributed by atoms with E-state index in [1.807, 2.05) is 0 Å². The molecule has 3 rings (SSSR count). The summed E-state index contributed by atoms with van der Waals surface area (Å²) in [7, 11) is -3.22. The third-order valence-corrected chi connectivity index (χ3v) is 4.88. The lowest BCUT2D eigenvalue weighted by Crippen LogP contribution is -2.14. The minimum absolute atomic E-state index is 0.141. The van der Waals surface area contributed by atoms with Gasteiger partial charge in [0.15, 0.2) is 14.8 Å². The summed E-state index contributed by atoms with van der Waals surface area (Å²) in [5.74, 6) is 0.514. The number of benzene rings is 1. The summed E-state index contributed by atoms with van der Waals surface area (Å²) >= 11 is 1.37. The van der Waals surface area contributed by atoms with Crippen LogP contribution in [0.15, 0.2) is 51.6 Å². The van der Waals surface area contributed by atoms with Crippen molar-refractivity contribution in [2.45, 2.75) is 11.5 Å². The first kappa shape index (κ1) is 14.7. The molecule has 0 atom stereocenters. The number of ether oxygens (including phenoxy) is 1. The summed E-state index contributed by atoms with van der Waals surface area (Å²) in [5, 5.41) is 1.79. The summed E-state index contributed by atoms with van der Waals surface area (Å²) in [6.45, 7) is 0.141. The molecule has 0 saturated heterocycles. The Morgan fingerprint density at radius 2 is 2.00 bits per heavy atom. The van der Waals surface area contributed by atoms with Gasteiger partial charge in [0.05, 0.1) is 10.6 Å². The lowest BCUT2D eigenvalue weighted by molar-refractivity contribution is 0.301. The molecular weight excluding hydrogens is 324 g/mol. The Kier molecular flexibility index (Phi) is 3.71. The molecule has 0 bridgehead atoms. The summed E-state index contributed by atoms with van der Waals surface area (Å²) < 4.78 is 29.8. The van der Waals surface area contributed by atoms with E-state index in [9.17, 15) is 13.2 Å². The highest BCUT2D eigenvalue weighted by atomic mass is 32.2. The van der Waals surface area contributed by atoms with Gasteiger partial charge in [-0.15, -0.1) is 11.3 Å². The first-order valence-corrected chi connectivity index (χ1v) is 9.09. The maximum atomic E-state index is 11.8. The van der Waals surface area contributed by atoms with Gasteiger partial charge in [-0.2, -0.15) is 0 Å². The smallest absolute Gasteiger partial charge is 0.258 e. The van der Waals surface area contributed by atoms with Crippen molar-refractivity contribution < 1.29 is 13.2 Å². The molecule has 22 heavy (non-hydrogen) atoms. The van der Waals surface area contributed by atoms with Crippen LogP contribution in [0.5, 0.6) is 5.75 Å². The molecule has 114 valence electrons. The van der Waals surface area contributed by atoms with E-state index in [0.29, 0.717) is 16.4 Å². The Morgan fingerprint density at radius 3 is 2.68 bits per heavy atom. The van der Waals surface area contributed by atoms with Crippen molar-refractivity contribution in [1.82, 2.24) is 9.38 Å². The zero-order valence-electron chi connectivity index (χ0n) is 11.6. The fourth-order valence-corrected chi connectivity index (χ4v) is 3.27. The highest BCUT2D eigenvalue weighted by Gasteiger charge is 2.07. The van der Waals surface area contributed by atoms with E-state index in [4.69, 9.17) is 4.74 Å². The molecule has 0 aliphatic carbocycles. The van der Waals surface area contributed by atoms with Gasteiger partial charge in [-0.05, 0) is 24.3 Å². The Morgan fingerprint density at radius 1 is 1.27 bits per heavy atom. The van der Waals surface area contributed by atoms with E-state index < -0.39 is 9.84 Å². The highest BCUT2D eigenvalue weighted by molar-refractivity contribution is 7.90. The van der Waals surface area contributed by atoms with Gasteiger partial charge < -0.3 is 4.74 Å². The van der Waals surface area contributed by atoms with Gasteiger partial charge in [-0.25, -0.2) is 13.4 Å². The molecule has 1 aromatic carbocycles. The third-order valence-electron chi connectivity index (χ3n) is 2.99. The van der Waals surface area contributed by atoms with Crippen molar-refractivity contribution in [3.05, 3.63) is 58.0 Å². The Bertz CT molecular complexity index is 972. The van der Waals surface area contributed by atoms with Crippen molar-refractivity contribution in [2.75, 3.05) is 6.26 Å². The second-order valence-corrected chi connectivity index (χ2v) is 7.56. The number of sulfone groups is 1. The molecule has 0 unspecified atom stereocenters. The second kappa shape index (κ2) is 5.54. The van der Waals surface area contributed by atoms with Crippen LogP contribution in [0.2, 0.25) is 0 Å². The van der Waals surface area contributed by atoms with Crippen molar-refractivity contribution in [3.63, 3.8) is 0 Å². The van der Waals surface area contributed by atoms with Gasteiger partial charge in [0.25, 0.3) is 5.56 Å². The molecule has 0 radical (unpaired) electrons. The lowest BCUT2D eigenvalue weighted by atomic mass is 10.3. The molecule has 2 aromatic heterocycles. The second-order valence-electron chi connectivity index (χ2n) is 4.67. The first-order valence-electron chi connectivity index (χ1n) is 6.32. The van der Waals surface area contributed by atoms with Crippen LogP contribution in [0.4, 0.5) is 0 Å². The highest BCUT2D eigenvalue weighted by Crippen LogP contribution is 2.17. The van der Waals surface area contributed by atoms with Crippen LogP contribution in [0.3, 0.4) is 0 Å². The van der Waals surface area contributed by atoms with Gasteiger partial charge in [-0.3, -0.25) is 9.20 Å². The van der Waals surface area contributed by atoms with E-state index in [0.717, 1.165) is 6.26 Å². The molecule has 0 N–H and O–H groups in total. The summed E-state index contributed by atoms with van der Waals surface area (Å²) in [6, 6.07) is 7.54. The molecule has 3 aromatic rings. The predicted octanol–water partition coefficient (Wildman–Crippen LogP) is 1.74. The summed E-state index contributed by atoms with van der Waals surface area (Å²) in [4.78, 5) is 17.0. The number of nitrogens with zero attached hydrogens (tertiary/aromatic N) is 2. The van der Waals surface area contributed by atoms with Crippen molar-refractivity contribution in [1.29, 1.82) is 0 Å². The van der Waals surface area contributed by atoms with Gasteiger partial charge in [0, 0.05) is 23.9 Å². The van der Waals surface area contributed by atoms with Crippen molar-refractivity contribution in [2.24, 2.45) is 0 Å². The maximum absolute atomic E-state index is 11.8. The normalized spacial score (nSPS) is 11.7. The molecule has 0 spiro atoms. The Hall–Kier alpha value is -2.19. The van der Waals surface area contributed by atoms with Gasteiger partial charge in [-0.1, -0.05) is 0 Å². The van der Waals surface area contributed by atoms with E-state index in [-0.39, 0.29) is 17.1 Å². The van der Waals surface area contributed by atoms with Gasteiger partial charge >= 0.3 is 0 Å². The number of hydrogen-bond donors (Lipinski definition) is 0. The Balaban J connectivity index is 1.77. The topological polar surface area (TPSA) is 77.7 Å². The van der Waals surface area contributed by atoms with Crippen LogP contribution in [-0.4, -0.2) is 24.1 Å². The predicted molar refractivity (Wildman–Crippen MR) is 83.2 cm³/mol. The minimum atomic E-state index is -3.22. The van der Waals surface area contributed by atoms with Crippen LogP contribution in [0.25, 0.3) is 4.96 Å². The summed E-state index contributed by atoms with van der Waals surface area (Å²) in [5.41, 5.74) is 0.372. The largest absolute Gasteiger partial charge is 0.487 e. The molecule has 0 saturated carbocycles. The lowest BCUT2D eigenvalue weighted by Gasteiger charge is -2.06. The number of aromatic nitrogens is 2. The van der Waals surface area contributed by atoms with Crippen molar-refractivity contribution in [3.8, 4) is 5.75 Å². The zero-order valence-corrected chi connectivity index (χ0v) is 13.2. The third kappa shape index (κ3) is 3.02. The van der Waals surface area contributed by atoms with E-state index in [1.165, 1.54) is 33.9 Å². The average Bonchev–Trinajstić information content (AvgIpc) is 2.93. The van der Waals surface area contributed by atoms with Crippen LogP contribution in [-0.2, 0) is 16.4 Å². The van der Waals surface area contributed by atoms with E-state index >= 15 is 0 Å². The van der Waals surface area contributed by atoms with Crippen LogP contribution < -0.4 is 10.3 Å². The maximum Gasteiger partial charge on any atom is 0.258 e. The molecule has 0 amide bonds. The SMILES string of the molecule is CS(=O)(=O)c1ccc(OCc2cc(=O)n3ccsc3n2)cc1. The Labute approximate surface area is 130 Å². The molecule has 6 nitrogen and oxygen atoms in total. The number of fused-ring (bicyclic) bond motifs is 1. The van der Waals surface area contributed by atoms with E-state index in [1.54, 1.807) is 23.7 Å². The average molecular weight is 336 g/mol. The molecule has 0 aliphatic rings. The van der Waals surface area contributed by atoms with Crippen LogP contribution in [0, 0.1) is 0 Å². The van der Waals surface area contributed by atoms with Crippen molar-refractivity contribution >= 4 is 26.1 Å². The van der Waals surface area contributed by atoms with E-state index in [2.05, 4.69) is 4.98 Å². The number of thiazole rings is 1. The number of hydrogen-bond acceptors (Lipinski definition) is 6. The van der Waals surface area contributed by atoms with Gasteiger partial charge in [0.2, 0.25) is 0 Å². The number of rotatable bonds is 4. The standard InChI is InChI=1S/C14H12N2O4S2/c1-22(18,19)12-4-2-11(3-5-12)20-9-10-8-13(17)16-6-7-21-14(16)15-10/h2-8H,9H2,1H3. The monoisotopic (exact) mass is 336 g/mol. The molecule has 2 heterocycles. The zero-order chi connectivity index (χ0) is 15.7. The molecular formula is C14H12N2O4S2. The van der Waals surface area contributed by atoms with Crippen LogP contribution in [0.1, 0.15) is 5.69 Å². The molecule has 0 fully saturated rings. The first-order chi connectivity index (χ1) is 10.4. The minimum Gasteiger partial charge on any atom is -0.487 e.